The number of aromatic nitrogens is 1. The second kappa shape index (κ2) is 6.34. The van der Waals surface area contributed by atoms with Gasteiger partial charge in [0.1, 0.15) is 0 Å². The van der Waals surface area contributed by atoms with Gasteiger partial charge in [0, 0.05) is 4.88 Å². The summed E-state index contributed by atoms with van der Waals surface area (Å²) in [7, 11) is 0. The van der Waals surface area contributed by atoms with Gasteiger partial charge in [0.05, 0.1) is 29.1 Å². The smallest absolute Gasteiger partial charge is 0.253 e. The molecular weight excluding hydrogens is 320 g/mol. The van der Waals surface area contributed by atoms with Crippen LogP contribution in [0.4, 0.5) is 0 Å². The van der Waals surface area contributed by atoms with E-state index in [1.807, 2.05) is 19.1 Å². The molecule has 3 rings (SSSR count). The first-order valence-electron chi connectivity index (χ1n) is 6.68. The second-order valence-electron chi connectivity index (χ2n) is 4.67. The van der Waals surface area contributed by atoms with Gasteiger partial charge < -0.3 is 9.73 Å². The molecule has 0 radical (unpaired) electrons. The van der Waals surface area contributed by atoms with E-state index in [-0.39, 0.29) is 5.91 Å². The van der Waals surface area contributed by atoms with Crippen molar-refractivity contribution in [3.8, 4) is 10.8 Å². The van der Waals surface area contributed by atoms with Crippen LogP contribution >= 0.6 is 22.9 Å². The molecule has 1 amide bonds. The lowest BCUT2D eigenvalue weighted by atomic mass is 10.2. The van der Waals surface area contributed by atoms with Gasteiger partial charge >= 0.3 is 0 Å². The monoisotopic (exact) mass is 332 g/mol. The Hall–Kier alpha value is -2.11. The van der Waals surface area contributed by atoms with Crippen molar-refractivity contribution in [1.82, 2.24) is 10.3 Å². The Labute approximate surface area is 136 Å². The van der Waals surface area contributed by atoms with Gasteiger partial charge in [0.2, 0.25) is 0 Å². The van der Waals surface area contributed by atoms with Gasteiger partial charge in [-0.1, -0.05) is 23.7 Å². The van der Waals surface area contributed by atoms with Gasteiger partial charge in [-0.3, -0.25) is 4.79 Å². The highest BCUT2D eigenvalue weighted by Crippen LogP contribution is 2.28. The van der Waals surface area contributed by atoms with Gasteiger partial charge in [-0.05, 0) is 31.2 Å². The van der Waals surface area contributed by atoms with Gasteiger partial charge in [-0.15, -0.1) is 11.3 Å². The van der Waals surface area contributed by atoms with Crippen molar-refractivity contribution in [2.75, 3.05) is 0 Å². The second-order valence-corrected chi connectivity index (χ2v) is 6.16. The lowest BCUT2D eigenvalue weighted by molar-refractivity contribution is 0.0951. The average Bonchev–Trinajstić information content (AvgIpc) is 3.15. The molecule has 112 valence electrons. The lowest BCUT2D eigenvalue weighted by Crippen LogP contribution is -2.22. The Morgan fingerprint density at radius 3 is 2.86 bits per heavy atom. The number of rotatable bonds is 4. The molecule has 0 saturated heterocycles. The molecule has 0 fully saturated rings. The Kier molecular flexibility index (Phi) is 4.27. The van der Waals surface area contributed by atoms with Crippen LogP contribution in [0.5, 0.6) is 0 Å². The summed E-state index contributed by atoms with van der Waals surface area (Å²) in [5.74, 6) is 0.537. The fourth-order valence-electron chi connectivity index (χ4n) is 2.00. The molecule has 0 bridgehead atoms. The molecule has 0 spiro atoms. The molecule has 0 atom stereocenters. The van der Waals surface area contributed by atoms with Crippen molar-refractivity contribution < 1.29 is 9.21 Å². The first-order chi connectivity index (χ1) is 10.6. The Morgan fingerprint density at radius 2 is 2.14 bits per heavy atom. The summed E-state index contributed by atoms with van der Waals surface area (Å²) in [6.07, 6.45) is 1.62. The number of hydrogen-bond donors (Lipinski definition) is 1. The zero-order chi connectivity index (χ0) is 15.5. The van der Waals surface area contributed by atoms with E-state index < -0.39 is 0 Å². The van der Waals surface area contributed by atoms with E-state index in [2.05, 4.69) is 10.3 Å². The number of nitrogens with zero attached hydrogens (tertiary/aromatic N) is 1. The SMILES string of the molecule is Cc1nc(-c2ccco2)sc1CNC(=O)c1ccccc1Cl. The van der Waals surface area contributed by atoms with Crippen LogP contribution in [0.1, 0.15) is 20.9 Å². The van der Waals surface area contributed by atoms with Crippen molar-refractivity contribution in [3.63, 3.8) is 0 Å². The van der Waals surface area contributed by atoms with E-state index in [9.17, 15) is 4.79 Å². The van der Waals surface area contributed by atoms with Crippen molar-refractivity contribution in [2.45, 2.75) is 13.5 Å². The van der Waals surface area contributed by atoms with Gasteiger partial charge in [-0.25, -0.2) is 4.98 Å². The number of nitrogens with one attached hydrogen (secondary N) is 1. The van der Waals surface area contributed by atoms with E-state index in [0.717, 1.165) is 21.3 Å². The highest BCUT2D eigenvalue weighted by molar-refractivity contribution is 7.15. The van der Waals surface area contributed by atoms with E-state index in [4.69, 9.17) is 16.0 Å². The van der Waals surface area contributed by atoms with Crippen LogP contribution in [0, 0.1) is 6.92 Å². The minimum Gasteiger partial charge on any atom is -0.462 e. The van der Waals surface area contributed by atoms with Crippen molar-refractivity contribution in [2.24, 2.45) is 0 Å². The third kappa shape index (κ3) is 3.05. The van der Waals surface area contributed by atoms with Crippen LogP contribution in [0.3, 0.4) is 0 Å². The topological polar surface area (TPSA) is 55.1 Å². The van der Waals surface area contributed by atoms with Crippen LogP contribution in [0.15, 0.2) is 47.1 Å². The molecule has 0 aliphatic heterocycles. The minimum atomic E-state index is -0.196. The number of benzene rings is 1. The van der Waals surface area contributed by atoms with Crippen LogP contribution < -0.4 is 5.32 Å². The number of carbonyl (C=O) groups excluding carboxylic acids is 1. The normalized spacial score (nSPS) is 10.6. The zero-order valence-corrected chi connectivity index (χ0v) is 13.4. The maximum atomic E-state index is 12.2. The molecule has 1 N–H and O–H groups in total. The molecule has 3 aromatic rings. The molecule has 0 saturated carbocycles. The Balaban J connectivity index is 1.72. The van der Waals surface area contributed by atoms with Crippen LogP contribution in [-0.4, -0.2) is 10.9 Å². The largest absolute Gasteiger partial charge is 0.462 e. The molecule has 2 heterocycles. The molecule has 1 aromatic carbocycles. The van der Waals surface area contributed by atoms with Gasteiger partial charge in [0.25, 0.3) is 5.91 Å². The highest BCUT2D eigenvalue weighted by Gasteiger charge is 2.14. The Morgan fingerprint density at radius 1 is 1.32 bits per heavy atom. The number of halogens is 1. The predicted molar refractivity (Wildman–Crippen MR) is 87.2 cm³/mol. The van der Waals surface area contributed by atoms with Crippen molar-refractivity contribution in [3.05, 3.63) is 63.8 Å². The fraction of sp³-hybridized carbons (Fsp3) is 0.125. The van der Waals surface area contributed by atoms with Crippen molar-refractivity contribution in [1.29, 1.82) is 0 Å². The number of furan rings is 1. The quantitative estimate of drug-likeness (QED) is 0.775. The summed E-state index contributed by atoms with van der Waals surface area (Å²) in [6, 6.07) is 10.7. The van der Waals surface area contributed by atoms with E-state index in [1.165, 1.54) is 11.3 Å². The third-order valence-electron chi connectivity index (χ3n) is 3.15. The number of aryl methyl sites for hydroxylation is 1. The molecule has 4 nitrogen and oxygen atoms in total. The standard InChI is InChI=1S/C16H13ClN2O2S/c1-10-14(22-16(19-10)13-7-4-8-21-13)9-18-15(20)11-5-2-3-6-12(11)17/h2-8H,9H2,1H3,(H,18,20). The molecular formula is C16H13ClN2O2S. The summed E-state index contributed by atoms with van der Waals surface area (Å²) < 4.78 is 5.34. The summed E-state index contributed by atoms with van der Waals surface area (Å²) in [5.41, 5.74) is 1.36. The molecule has 0 aliphatic carbocycles. The number of carbonyl (C=O) groups is 1. The molecule has 2 aromatic heterocycles. The summed E-state index contributed by atoms with van der Waals surface area (Å²) in [5, 5.41) is 4.12. The van der Waals surface area contributed by atoms with E-state index in [0.29, 0.717) is 17.1 Å². The molecule has 6 heteroatoms. The summed E-state index contributed by atoms with van der Waals surface area (Å²) in [4.78, 5) is 17.6. The highest BCUT2D eigenvalue weighted by atomic mass is 35.5. The molecule has 0 unspecified atom stereocenters. The number of hydrogen-bond acceptors (Lipinski definition) is 4. The first-order valence-corrected chi connectivity index (χ1v) is 7.87. The summed E-state index contributed by atoms with van der Waals surface area (Å²) >= 11 is 7.53. The van der Waals surface area contributed by atoms with Crippen LogP contribution in [0.2, 0.25) is 5.02 Å². The first kappa shape index (κ1) is 14.8. The van der Waals surface area contributed by atoms with Crippen LogP contribution in [0.25, 0.3) is 10.8 Å². The van der Waals surface area contributed by atoms with E-state index >= 15 is 0 Å². The third-order valence-corrected chi connectivity index (χ3v) is 4.65. The maximum absolute atomic E-state index is 12.2. The minimum absolute atomic E-state index is 0.196. The molecule has 0 aliphatic rings. The zero-order valence-electron chi connectivity index (χ0n) is 11.8. The van der Waals surface area contributed by atoms with Crippen LogP contribution in [-0.2, 0) is 6.54 Å². The van der Waals surface area contributed by atoms with Gasteiger partial charge in [0.15, 0.2) is 10.8 Å². The molecule has 22 heavy (non-hydrogen) atoms. The fourth-order valence-corrected chi connectivity index (χ4v) is 3.19. The summed E-state index contributed by atoms with van der Waals surface area (Å²) in [6.45, 7) is 2.33. The average molecular weight is 333 g/mol. The van der Waals surface area contributed by atoms with Gasteiger partial charge in [-0.2, -0.15) is 0 Å². The number of amides is 1. The predicted octanol–water partition coefficient (Wildman–Crippen LogP) is 4.29. The Bertz CT molecular complexity index is 796. The van der Waals surface area contributed by atoms with E-state index in [1.54, 1.807) is 30.5 Å². The van der Waals surface area contributed by atoms with Crippen molar-refractivity contribution >= 4 is 28.8 Å². The lowest BCUT2D eigenvalue weighted by Gasteiger charge is -2.05. The number of thiazole rings is 1. The maximum Gasteiger partial charge on any atom is 0.253 e.